The first-order valence-electron chi connectivity index (χ1n) is 6.17. The molecule has 0 aromatic heterocycles. The highest BCUT2D eigenvalue weighted by Crippen LogP contribution is 2.36. The van der Waals surface area contributed by atoms with Crippen LogP contribution in [0.4, 0.5) is 4.79 Å². The second-order valence-electron chi connectivity index (χ2n) is 4.92. The van der Waals surface area contributed by atoms with Gasteiger partial charge in [0.1, 0.15) is 0 Å². The van der Waals surface area contributed by atoms with Crippen LogP contribution in [0.25, 0.3) is 0 Å². The van der Waals surface area contributed by atoms with Crippen molar-refractivity contribution < 1.29 is 9.53 Å². The van der Waals surface area contributed by atoms with E-state index in [-0.39, 0.29) is 6.09 Å². The highest BCUT2D eigenvalue weighted by molar-refractivity contribution is 5.68. The van der Waals surface area contributed by atoms with Crippen molar-refractivity contribution in [1.29, 1.82) is 0 Å². The average Bonchev–Trinajstić information content (AvgIpc) is 2.16. The van der Waals surface area contributed by atoms with Crippen LogP contribution in [0.5, 0.6) is 0 Å². The van der Waals surface area contributed by atoms with Crippen molar-refractivity contribution in [2.24, 2.45) is 5.92 Å². The summed E-state index contributed by atoms with van der Waals surface area (Å²) in [5, 5.41) is 0. The summed E-state index contributed by atoms with van der Waals surface area (Å²) in [5.74, 6) is 0.769. The first kappa shape index (κ1) is 10.8. The zero-order valence-electron chi connectivity index (χ0n) is 9.74. The zero-order valence-corrected chi connectivity index (χ0v) is 9.74. The smallest absolute Gasteiger partial charge is 0.410 e. The van der Waals surface area contributed by atoms with E-state index in [0.29, 0.717) is 18.7 Å². The standard InChI is InChI=1S/C12H21NO2/c1-3-15-12(14)13-10-5-4-6-11(13)8-9(2)7-10/h9-11H,3-8H2,1-2H3. The van der Waals surface area contributed by atoms with Crippen LogP contribution in [0.15, 0.2) is 0 Å². The monoisotopic (exact) mass is 211 g/mol. The second-order valence-corrected chi connectivity index (χ2v) is 4.92. The Morgan fingerprint density at radius 1 is 1.33 bits per heavy atom. The Morgan fingerprint density at radius 3 is 2.47 bits per heavy atom. The third-order valence-corrected chi connectivity index (χ3v) is 3.69. The van der Waals surface area contributed by atoms with Gasteiger partial charge in [-0.3, -0.25) is 0 Å². The molecule has 2 atom stereocenters. The number of ether oxygens (including phenoxy) is 1. The fourth-order valence-corrected chi connectivity index (χ4v) is 3.15. The summed E-state index contributed by atoms with van der Waals surface area (Å²) in [6.07, 6.45) is 5.85. The first-order chi connectivity index (χ1) is 7.22. The molecule has 2 saturated heterocycles. The van der Waals surface area contributed by atoms with Gasteiger partial charge in [0.15, 0.2) is 0 Å². The number of piperidine rings is 2. The Hall–Kier alpha value is -0.730. The van der Waals surface area contributed by atoms with Gasteiger partial charge in [0, 0.05) is 12.1 Å². The van der Waals surface area contributed by atoms with E-state index in [0.717, 1.165) is 18.8 Å². The molecular weight excluding hydrogens is 190 g/mol. The molecule has 0 N–H and O–H groups in total. The van der Waals surface area contributed by atoms with Crippen LogP contribution in [0.1, 0.15) is 46.0 Å². The van der Waals surface area contributed by atoms with Gasteiger partial charge < -0.3 is 9.64 Å². The maximum atomic E-state index is 11.8. The Balaban J connectivity index is 2.07. The molecule has 0 radical (unpaired) electrons. The van der Waals surface area contributed by atoms with Gasteiger partial charge in [-0.25, -0.2) is 4.79 Å². The molecule has 2 aliphatic heterocycles. The minimum atomic E-state index is -0.0842. The van der Waals surface area contributed by atoms with Crippen LogP contribution in [0.3, 0.4) is 0 Å². The lowest BCUT2D eigenvalue weighted by atomic mass is 9.79. The van der Waals surface area contributed by atoms with Crippen LogP contribution in [-0.4, -0.2) is 29.7 Å². The van der Waals surface area contributed by atoms with Crippen molar-refractivity contribution in [3.63, 3.8) is 0 Å². The Labute approximate surface area is 91.8 Å². The van der Waals surface area contributed by atoms with Gasteiger partial charge >= 0.3 is 6.09 Å². The highest BCUT2D eigenvalue weighted by atomic mass is 16.6. The summed E-state index contributed by atoms with van der Waals surface area (Å²) in [6, 6.07) is 0.901. The summed E-state index contributed by atoms with van der Waals surface area (Å²) >= 11 is 0. The molecule has 2 heterocycles. The van der Waals surface area contributed by atoms with E-state index in [2.05, 4.69) is 6.92 Å². The Bertz CT molecular complexity index is 228. The molecule has 0 saturated carbocycles. The van der Waals surface area contributed by atoms with E-state index in [4.69, 9.17) is 4.74 Å². The summed E-state index contributed by atoms with van der Waals surface area (Å²) in [6.45, 7) is 4.67. The number of fused-ring (bicyclic) bond motifs is 2. The van der Waals surface area contributed by atoms with Crippen LogP contribution in [-0.2, 0) is 4.74 Å². The highest BCUT2D eigenvalue weighted by Gasteiger charge is 2.40. The van der Waals surface area contributed by atoms with Gasteiger partial charge in [-0.15, -0.1) is 0 Å². The maximum Gasteiger partial charge on any atom is 0.410 e. The zero-order chi connectivity index (χ0) is 10.8. The first-order valence-corrected chi connectivity index (χ1v) is 6.17. The van der Waals surface area contributed by atoms with Gasteiger partial charge in [-0.1, -0.05) is 6.92 Å². The van der Waals surface area contributed by atoms with E-state index >= 15 is 0 Å². The largest absolute Gasteiger partial charge is 0.450 e. The lowest BCUT2D eigenvalue weighted by molar-refractivity contribution is 0.0106. The molecule has 0 aromatic carbocycles. The topological polar surface area (TPSA) is 29.5 Å². The molecule has 0 aromatic rings. The predicted molar refractivity (Wildman–Crippen MR) is 58.7 cm³/mol. The molecule has 86 valence electrons. The molecule has 2 unspecified atom stereocenters. The normalized spacial score (nSPS) is 35.1. The summed E-state index contributed by atoms with van der Waals surface area (Å²) < 4.78 is 5.14. The average molecular weight is 211 g/mol. The molecule has 0 aliphatic carbocycles. The molecule has 2 fully saturated rings. The van der Waals surface area contributed by atoms with Crippen LogP contribution < -0.4 is 0 Å². The van der Waals surface area contributed by atoms with Gasteiger partial charge in [-0.2, -0.15) is 0 Å². The summed E-state index contributed by atoms with van der Waals surface area (Å²) in [7, 11) is 0. The van der Waals surface area contributed by atoms with E-state index in [1.54, 1.807) is 0 Å². The van der Waals surface area contributed by atoms with Gasteiger partial charge in [0.2, 0.25) is 0 Å². The van der Waals surface area contributed by atoms with Crippen molar-refractivity contribution in [2.75, 3.05) is 6.61 Å². The van der Waals surface area contributed by atoms with Crippen molar-refractivity contribution in [1.82, 2.24) is 4.90 Å². The van der Waals surface area contributed by atoms with Crippen LogP contribution in [0.2, 0.25) is 0 Å². The summed E-state index contributed by atoms with van der Waals surface area (Å²) in [4.78, 5) is 13.8. The quantitative estimate of drug-likeness (QED) is 0.667. The van der Waals surface area contributed by atoms with Crippen LogP contribution in [0, 0.1) is 5.92 Å². The minimum absolute atomic E-state index is 0.0842. The molecule has 3 nitrogen and oxygen atoms in total. The molecule has 15 heavy (non-hydrogen) atoms. The van der Waals surface area contributed by atoms with E-state index in [1.807, 2.05) is 11.8 Å². The second kappa shape index (κ2) is 4.42. The molecule has 3 heteroatoms. The SMILES string of the molecule is CCOC(=O)N1C2CCCC1CC(C)C2. The molecule has 0 spiro atoms. The fourth-order valence-electron chi connectivity index (χ4n) is 3.15. The number of nitrogens with zero attached hydrogens (tertiary/aromatic N) is 1. The third-order valence-electron chi connectivity index (χ3n) is 3.69. The van der Waals surface area contributed by atoms with Crippen molar-refractivity contribution in [3.05, 3.63) is 0 Å². The van der Waals surface area contributed by atoms with Crippen molar-refractivity contribution in [2.45, 2.75) is 58.0 Å². The molecule has 1 amide bonds. The Kier molecular flexibility index (Phi) is 3.17. The van der Waals surface area contributed by atoms with Gasteiger partial charge in [0.05, 0.1) is 6.61 Å². The van der Waals surface area contributed by atoms with E-state index in [9.17, 15) is 4.79 Å². The van der Waals surface area contributed by atoms with Crippen molar-refractivity contribution in [3.8, 4) is 0 Å². The fraction of sp³-hybridized carbons (Fsp3) is 0.917. The predicted octanol–water partition coefficient (Wildman–Crippen LogP) is 2.80. The number of carbonyl (C=O) groups excluding carboxylic acids is 1. The third kappa shape index (κ3) is 2.11. The molecule has 2 rings (SSSR count). The lowest BCUT2D eigenvalue weighted by Gasteiger charge is -2.47. The number of rotatable bonds is 1. The van der Waals surface area contributed by atoms with Gasteiger partial charge in [-0.05, 0) is 44.9 Å². The lowest BCUT2D eigenvalue weighted by Crippen LogP contribution is -2.54. The summed E-state index contributed by atoms with van der Waals surface area (Å²) in [5.41, 5.74) is 0. The number of hydrogen-bond donors (Lipinski definition) is 0. The van der Waals surface area contributed by atoms with Crippen molar-refractivity contribution >= 4 is 6.09 Å². The molecular formula is C12H21NO2. The van der Waals surface area contributed by atoms with Crippen LogP contribution >= 0.6 is 0 Å². The van der Waals surface area contributed by atoms with E-state index in [1.165, 1.54) is 19.3 Å². The molecule has 2 bridgehead atoms. The number of hydrogen-bond acceptors (Lipinski definition) is 2. The number of carbonyl (C=O) groups is 1. The maximum absolute atomic E-state index is 11.8. The van der Waals surface area contributed by atoms with E-state index < -0.39 is 0 Å². The number of amides is 1. The Morgan fingerprint density at radius 2 is 1.93 bits per heavy atom. The minimum Gasteiger partial charge on any atom is -0.450 e. The van der Waals surface area contributed by atoms with Gasteiger partial charge in [0.25, 0.3) is 0 Å². The molecule has 2 aliphatic rings.